The van der Waals surface area contributed by atoms with Crippen molar-refractivity contribution in [1.82, 2.24) is 0 Å². The van der Waals surface area contributed by atoms with Gasteiger partial charge in [-0.15, -0.1) is 0 Å². The quantitative estimate of drug-likeness (QED) is 0.612. The molecular weight excluding hydrogens is 278 g/mol. The maximum absolute atomic E-state index is 2.43. The van der Waals surface area contributed by atoms with Crippen LogP contribution in [-0.4, -0.2) is 13.6 Å². The molecule has 0 bridgehead atoms. The Morgan fingerprint density at radius 3 is 2.57 bits per heavy atom. The zero-order valence-corrected chi connectivity index (χ0v) is 14.9. The average molecular weight is 307 g/mol. The predicted octanol–water partition coefficient (Wildman–Crippen LogP) is 5.78. The van der Waals surface area contributed by atoms with Gasteiger partial charge in [0.2, 0.25) is 0 Å². The predicted molar refractivity (Wildman–Crippen MR) is 101 cm³/mol. The molecule has 0 N–H and O–H groups in total. The maximum Gasteiger partial charge on any atom is 0.0399 e. The van der Waals surface area contributed by atoms with E-state index in [1.807, 2.05) is 0 Å². The molecule has 0 saturated carbocycles. The molecule has 0 aliphatic heterocycles. The van der Waals surface area contributed by atoms with Crippen LogP contribution < -0.4 is 4.90 Å². The summed E-state index contributed by atoms with van der Waals surface area (Å²) in [5.41, 5.74) is 8.83. The molecule has 122 valence electrons. The largest absolute Gasteiger partial charge is 0.374 e. The van der Waals surface area contributed by atoms with Gasteiger partial charge in [-0.2, -0.15) is 0 Å². The lowest BCUT2D eigenvalue weighted by Gasteiger charge is -2.23. The lowest BCUT2D eigenvalue weighted by molar-refractivity contribution is 0.704. The van der Waals surface area contributed by atoms with E-state index in [4.69, 9.17) is 0 Å². The second kappa shape index (κ2) is 7.21. The summed E-state index contributed by atoms with van der Waals surface area (Å²) in [5.74, 6) is 0. The van der Waals surface area contributed by atoms with Crippen molar-refractivity contribution in [1.29, 1.82) is 0 Å². The van der Waals surface area contributed by atoms with Gasteiger partial charge in [-0.3, -0.25) is 0 Å². The Kier molecular flexibility index (Phi) is 5.05. The van der Waals surface area contributed by atoms with Crippen LogP contribution in [0.25, 0.3) is 11.1 Å². The Hall–Kier alpha value is -1.76. The summed E-state index contributed by atoms with van der Waals surface area (Å²) in [6.45, 7) is 5.70. The topological polar surface area (TPSA) is 3.24 Å². The van der Waals surface area contributed by atoms with E-state index < -0.39 is 0 Å². The number of aryl methyl sites for hydroxylation is 1. The lowest BCUT2D eigenvalue weighted by atomic mass is 9.93. The van der Waals surface area contributed by atoms with Crippen molar-refractivity contribution >= 4 is 5.69 Å². The SMILES string of the molecule is CCCCCN(C)c1cccc(-c2cccc3c2CCC3)c1C. The molecule has 3 rings (SSSR count). The third kappa shape index (κ3) is 3.29. The van der Waals surface area contributed by atoms with Gasteiger partial charge in [-0.1, -0.05) is 50.1 Å². The fourth-order valence-electron chi connectivity index (χ4n) is 3.92. The number of hydrogen-bond donors (Lipinski definition) is 0. The van der Waals surface area contributed by atoms with Crippen molar-refractivity contribution in [2.75, 3.05) is 18.5 Å². The number of nitrogens with zero attached hydrogens (tertiary/aromatic N) is 1. The third-order valence-corrected chi connectivity index (χ3v) is 5.25. The maximum atomic E-state index is 2.43. The Morgan fingerprint density at radius 1 is 0.957 bits per heavy atom. The Bertz CT molecular complexity index is 672. The molecular formula is C22H29N. The van der Waals surface area contributed by atoms with Crippen molar-refractivity contribution in [3.05, 3.63) is 53.1 Å². The van der Waals surface area contributed by atoms with Crippen LogP contribution in [0, 0.1) is 6.92 Å². The standard InChI is InChI=1S/C22H29N/c1-4-5-6-16-23(3)22-15-9-12-19(17(22)2)21-14-8-11-18-10-7-13-20(18)21/h8-9,11-12,14-15H,4-7,10,13,16H2,1-3H3. The van der Waals surface area contributed by atoms with Crippen LogP contribution in [0.2, 0.25) is 0 Å². The number of hydrogen-bond acceptors (Lipinski definition) is 1. The minimum absolute atomic E-state index is 1.14. The first-order chi connectivity index (χ1) is 11.2. The smallest absolute Gasteiger partial charge is 0.0399 e. The monoisotopic (exact) mass is 307 g/mol. The van der Waals surface area contributed by atoms with E-state index in [9.17, 15) is 0 Å². The first-order valence-corrected chi connectivity index (χ1v) is 9.14. The van der Waals surface area contributed by atoms with Crippen molar-refractivity contribution < 1.29 is 0 Å². The fraction of sp³-hybridized carbons (Fsp3) is 0.455. The van der Waals surface area contributed by atoms with Gasteiger partial charge in [-0.05, 0) is 66.5 Å². The average Bonchev–Trinajstić information content (AvgIpc) is 3.04. The molecule has 0 spiro atoms. The van der Waals surface area contributed by atoms with Crippen LogP contribution in [-0.2, 0) is 12.8 Å². The van der Waals surface area contributed by atoms with E-state index in [-0.39, 0.29) is 0 Å². The molecule has 1 nitrogen and oxygen atoms in total. The number of anilines is 1. The van der Waals surface area contributed by atoms with E-state index in [2.05, 4.69) is 62.2 Å². The van der Waals surface area contributed by atoms with E-state index in [1.165, 1.54) is 60.9 Å². The summed E-state index contributed by atoms with van der Waals surface area (Å²) >= 11 is 0. The number of fused-ring (bicyclic) bond motifs is 1. The van der Waals surface area contributed by atoms with Crippen LogP contribution in [0.5, 0.6) is 0 Å². The number of unbranched alkanes of at least 4 members (excludes halogenated alkanes) is 2. The number of rotatable bonds is 6. The number of benzene rings is 2. The second-order valence-electron chi connectivity index (χ2n) is 6.88. The highest BCUT2D eigenvalue weighted by molar-refractivity contribution is 5.77. The van der Waals surface area contributed by atoms with Gasteiger partial charge in [0.25, 0.3) is 0 Å². The molecule has 2 aromatic carbocycles. The summed E-state index contributed by atoms with van der Waals surface area (Å²) < 4.78 is 0. The third-order valence-electron chi connectivity index (χ3n) is 5.25. The highest BCUT2D eigenvalue weighted by atomic mass is 15.1. The Labute approximate surface area is 141 Å². The second-order valence-corrected chi connectivity index (χ2v) is 6.88. The summed E-state index contributed by atoms with van der Waals surface area (Å²) in [6, 6.07) is 13.6. The van der Waals surface area contributed by atoms with Crippen LogP contribution >= 0.6 is 0 Å². The molecule has 0 aromatic heterocycles. The van der Waals surface area contributed by atoms with E-state index >= 15 is 0 Å². The summed E-state index contributed by atoms with van der Waals surface area (Å²) in [7, 11) is 2.23. The Balaban J connectivity index is 1.93. The summed E-state index contributed by atoms with van der Waals surface area (Å²) in [5, 5.41) is 0. The molecule has 0 radical (unpaired) electrons. The van der Waals surface area contributed by atoms with E-state index in [0.717, 1.165) is 6.54 Å². The van der Waals surface area contributed by atoms with Crippen molar-refractivity contribution in [2.45, 2.75) is 52.4 Å². The summed E-state index contributed by atoms with van der Waals surface area (Å²) in [6.07, 6.45) is 7.66. The van der Waals surface area contributed by atoms with Crippen LogP contribution in [0.3, 0.4) is 0 Å². The molecule has 0 saturated heterocycles. The molecule has 0 unspecified atom stereocenters. The van der Waals surface area contributed by atoms with Crippen molar-refractivity contribution in [3.8, 4) is 11.1 Å². The van der Waals surface area contributed by atoms with Crippen LogP contribution in [0.1, 0.15) is 49.3 Å². The van der Waals surface area contributed by atoms with Gasteiger partial charge in [0, 0.05) is 19.3 Å². The fourth-order valence-corrected chi connectivity index (χ4v) is 3.92. The van der Waals surface area contributed by atoms with Gasteiger partial charge >= 0.3 is 0 Å². The minimum atomic E-state index is 1.14. The molecule has 0 atom stereocenters. The van der Waals surface area contributed by atoms with Gasteiger partial charge in [-0.25, -0.2) is 0 Å². The summed E-state index contributed by atoms with van der Waals surface area (Å²) in [4.78, 5) is 2.43. The molecule has 1 heteroatoms. The molecule has 23 heavy (non-hydrogen) atoms. The van der Waals surface area contributed by atoms with E-state index in [0.29, 0.717) is 0 Å². The molecule has 1 aliphatic rings. The van der Waals surface area contributed by atoms with Crippen LogP contribution in [0.4, 0.5) is 5.69 Å². The van der Waals surface area contributed by atoms with Crippen LogP contribution in [0.15, 0.2) is 36.4 Å². The van der Waals surface area contributed by atoms with Gasteiger partial charge in [0.05, 0.1) is 0 Å². The van der Waals surface area contributed by atoms with Gasteiger partial charge in [0.1, 0.15) is 0 Å². The lowest BCUT2D eigenvalue weighted by Crippen LogP contribution is -2.19. The molecule has 2 aromatic rings. The zero-order chi connectivity index (χ0) is 16.2. The molecule has 0 heterocycles. The van der Waals surface area contributed by atoms with Crippen molar-refractivity contribution in [3.63, 3.8) is 0 Å². The zero-order valence-electron chi connectivity index (χ0n) is 14.9. The van der Waals surface area contributed by atoms with Crippen molar-refractivity contribution in [2.24, 2.45) is 0 Å². The van der Waals surface area contributed by atoms with E-state index in [1.54, 1.807) is 11.1 Å². The first-order valence-electron chi connectivity index (χ1n) is 9.14. The molecule has 0 amide bonds. The minimum Gasteiger partial charge on any atom is -0.374 e. The molecule has 1 aliphatic carbocycles. The van der Waals surface area contributed by atoms with Gasteiger partial charge < -0.3 is 4.90 Å². The normalized spacial score (nSPS) is 13.2. The Morgan fingerprint density at radius 2 is 1.74 bits per heavy atom. The highest BCUT2D eigenvalue weighted by Crippen LogP contribution is 2.36. The van der Waals surface area contributed by atoms with Gasteiger partial charge in [0.15, 0.2) is 0 Å². The first kappa shape index (κ1) is 16.1. The highest BCUT2D eigenvalue weighted by Gasteiger charge is 2.17. The molecule has 0 fully saturated rings.